The Bertz CT molecular complexity index is 1860. The number of hydrogen-bond donors (Lipinski definition) is 2. The van der Waals surface area contributed by atoms with Crippen LogP contribution in [0.3, 0.4) is 0 Å². The van der Waals surface area contributed by atoms with Crippen molar-refractivity contribution in [3.8, 4) is 22.7 Å². The Balaban J connectivity index is 1.41. The molecule has 0 aliphatic carbocycles. The predicted octanol–water partition coefficient (Wildman–Crippen LogP) is 4.87. The second-order valence-electron chi connectivity index (χ2n) is 8.57. The summed E-state index contributed by atoms with van der Waals surface area (Å²) in [5.41, 5.74) is 10.7. The molecule has 11 heteroatoms. The number of pyridine rings is 1. The van der Waals surface area contributed by atoms with E-state index in [1.165, 1.54) is 6.33 Å². The fraction of sp³-hybridized carbons (Fsp3) is 0.0741. The van der Waals surface area contributed by atoms with Gasteiger partial charge < -0.3 is 20.4 Å². The molecule has 188 valence electrons. The third kappa shape index (κ3) is 3.87. The number of carbonyl (C=O) groups is 1. The van der Waals surface area contributed by atoms with Crippen LogP contribution in [0.2, 0.25) is 5.15 Å². The maximum absolute atomic E-state index is 13.2. The van der Waals surface area contributed by atoms with Gasteiger partial charge >= 0.3 is 0 Å². The van der Waals surface area contributed by atoms with E-state index < -0.39 is 0 Å². The van der Waals surface area contributed by atoms with Gasteiger partial charge in [0.05, 0.1) is 23.9 Å². The summed E-state index contributed by atoms with van der Waals surface area (Å²) in [5.74, 6) is 0.486. The van der Waals surface area contributed by atoms with E-state index in [-0.39, 0.29) is 11.7 Å². The van der Waals surface area contributed by atoms with Crippen molar-refractivity contribution in [2.24, 2.45) is 7.05 Å². The van der Waals surface area contributed by atoms with Crippen molar-refractivity contribution in [3.63, 3.8) is 0 Å². The number of nitrogens with zero attached hydrogens (tertiary/aromatic N) is 6. The van der Waals surface area contributed by atoms with Gasteiger partial charge in [-0.05, 0) is 30.3 Å². The van der Waals surface area contributed by atoms with Crippen LogP contribution in [0.5, 0.6) is 5.75 Å². The average molecular weight is 525 g/mol. The van der Waals surface area contributed by atoms with Crippen LogP contribution in [-0.4, -0.2) is 42.3 Å². The zero-order chi connectivity index (χ0) is 26.4. The van der Waals surface area contributed by atoms with Crippen molar-refractivity contribution in [1.29, 1.82) is 0 Å². The smallest absolute Gasteiger partial charge is 0.272 e. The summed E-state index contributed by atoms with van der Waals surface area (Å²) < 4.78 is 9.14. The highest BCUT2D eigenvalue weighted by molar-refractivity contribution is 6.29. The third-order valence-corrected chi connectivity index (χ3v) is 6.56. The highest BCUT2D eigenvalue weighted by atomic mass is 35.5. The van der Waals surface area contributed by atoms with Crippen LogP contribution in [0.15, 0.2) is 73.2 Å². The topological polar surface area (TPSA) is 126 Å². The van der Waals surface area contributed by atoms with Crippen molar-refractivity contribution in [1.82, 2.24) is 29.3 Å². The maximum Gasteiger partial charge on any atom is 0.272 e. The van der Waals surface area contributed by atoms with Gasteiger partial charge in [-0.3, -0.25) is 4.79 Å². The number of ether oxygens (including phenoxy) is 1. The van der Waals surface area contributed by atoms with Gasteiger partial charge in [-0.25, -0.2) is 19.6 Å². The number of nitrogen functional groups attached to an aromatic ring is 1. The standard InChI is InChI=1S/C27H21ClN8O2/c1-35-19-6-4-3-5-15(19)11-20(35)27(37)33-18-8-7-16(12-21(18)38-2)24-23-25(29)31-14-32-26(23)36(34-24)17-9-10-30-22(28)13-17/h3-14H,1-2H3,(H,33,37)(H2,29,31,32). The first-order valence-corrected chi connectivity index (χ1v) is 12.0. The number of anilines is 2. The number of carbonyl (C=O) groups excluding carboxylic acids is 1. The zero-order valence-corrected chi connectivity index (χ0v) is 21.1. The zero-order valence-electron chi connectivity index (χ0n) is 20.4. The van der Waals surface area contributed by atoms with Gasteiger partial charge in [0.2, 0.25) is 0 Å². The van der Waals surface area contributed by atoms with E-state index >= 15 is 0 Å². The number of halogens is 1. The molecule has 0 spiro atoms. The Hall–Kier alpha value is -4.96. The minimum atomic E-state index is -0.253. The van der Waals surface area contributed by atoms with Crippen LogP contribution < -0.4 is 15.8 Å². The van der Waals surface area contributed by atoms with Crippen LogP contribution in [-0.2, 0) is 7.05 Å². The number of benzene rings is 2. The van der Waals surface area contributed by atoms with Crippen molar-refractivity contribution < 1.29 is 9.53 Å². The second-order valence-corrected chi connectivity index (χ2v) is 8.96. The van der Waals surface area contributed by atoms with E-state index in [2.05, 4.69) is 20.3 Å². The molecule has 10 nitrogen and oxygen atoms in total. The molecule has 0 radical (unpaired) electrons. The minimum Gasteiger partial charge on any atom is -0.495 e. The third-order valence-electron chi connectivity index (χ3n) is 6.36. The monoisotopic (exact) mass is 524 g/mol. The van der Waals surface area contributed by atoms with Crippen LogP contribution in [0, 0.1) is 0 Å². The summed E-state index contributed by atoms with van der Waals surface area (Å²) in [6.07, 6.45) is 2.97. The molecule has 0 aliphatic rings. The van der Waals surface area contributed by atoms with Crippen LogP contribution >= 0.6 is 11.6 Å². The number of hydrogen-bond acceptors (Lipinski definition) is 7. The van der Waals surface area contributed by atoms with Gasteiger partial charge in [0.25, 0.3) is 5.91 Å². The predicted molar refractivity (Wildman–Crippen MR) is 147 cm³/mol. The molecule has 6 aromatic rings. The normalized spacial score (nSPS) is 11.2. The maximum atomic E-state index is 13.2. The Morgan fingerprint density at radius 3 is 2.68 bits per heavy atom. The largest absolute Gasteiger partial charge is 0.495 e. The summed E-state index contributed by atoms with van der Waals surface area (Å²) in [6.45, 7) is 0. The number of methoxy groups -OCH3 is 1. The fourth-order valence-electron chi connectivity index (χ4n) is 4.52. The van der Waals surface area contributed by atoms with Crippen molar-refractivity contribution in [2.75, 3.05) is 18.2 Å². The molecule has 4 aromatic heterocycles. The lowest BCUT2D eigenvalue weighted by Gasteiger charge is -2.12. The van der Waals surface area contributed by atoms with E-state index in [0.717, 1.165) is 10.9 Å². The fourth-order valence-corrected chi connectivity index (χ4v) is 4.68. The molecule has 0 fully saturated rings. The summed E-state index contributed by atoms with van der Waals surface area (Å²) >= 11 is 6.11. The molecule has 0 bridgehead atoms. The molecule has 0 unspecified atom stereocenters. The van der Waals surface area contributed by atoms with E-state index in [9.17, 15) is 4.79 Å². The number of aromatic nitrogens is 6. The summed E-state index contributed by atoms with van der Waals surface area (Å²) in [7, 11) is 3.40. The summed E-state index contributed by atoms with van der Waals surface area (Å²) in [4.78, 5) is 25.8. The van der Waals surface area contributed by atoms with Crippen molar-refractivity contribution >= 4 is 50.9 Å². The van der Waals surface area contributed by atoms with Crippen LogP contribution in [0.25, 0.3) is 38.9 Å². The molecule has 0 atom stereocenters. The Morgan fingerprint density at radius 1 is 1.05 bits per heavy atom. The van der Waals surface area contributed by atoms with Crippen molar-refractivity contribution in [2.45, 2.75) is 0 Å². The molecule has 0 aliphatic heterocycles. The van der Waals surface area contributed by atoms with E-state index in [4.69, 9.17) is 27.2 Å². The molecule has 38 heavy (non-hydrogen) atoms. The molecule has 2 aromatic carbocycles. The number of para-hydroxylation sites is 1. The quantitative estimate of drug-likeness (QED) is 0.308. The number of fused-ring (bicyclic) bond motifs is 2. The van der Waals surface area contributed by atoms with Gasteiger partial charge in [-0.1, -0.05) is 35.9 Å². The highest BCUT2D eigenvalue weighted by Gasteiger charge is 2.21. The lowest BCUT2D eigenvalue weighted by atomic mass is 10.1. The first-order valence-electron chi connectivity index (χ1n) is 11.6. The Morgan fingerprint density at radius 2 is 1.89 bits per heavy atom. The molecule has 1 amide bonds. The van der Waals surface area contributed by atoms with Crippen LogP contribution in [0.4, 0.5) is 11.5 Å². The first-order chi connectivity index (χ1) is 18.4. The molecular formula is C27H21ClN8O2. The first kappa shape index (κ1) is 23.4. The number of rotatable bonds is 5. The van der Waals surface area contributed by atoms with Gasteiger partial charge in [0, 0.05) is 35.8 Å². The van der Waals surface area contributed by atoms with E-state index in [1.807, 2.05) is 48.0 Å². The Kier molecular flexibility index (Phi) is 5.65. The second kappa shape index (κ2) is 9.16. The molecular weight excluding hydrogens is 504 g/mol. The van der Waals surface area contributed by atoms with Gasteiger partial charge in [0.1, 0.15) is 34.4 Å². The van der Waals surface area contributed by atoms with Gasteiger partial charge in [-0.2, -0.15) is 5.10 Å². The minimum absolute atomic E-state index is 0.253. The molecule has 6 rings (SSSR count). The van der Waals surface area contributed by atoms with E-state index in [1.54, 1.807) is 42.3 Å². The summed E-state index contributed by atoms with van der Waals surface area (Å²) in [6, 6.07) is 18.5. The lowest BCUT2D eigenvalue weighted by molar-refractivity contribution is 0.101. The van der Waals surface area contributed by atoms with Gasteiger partial charge in [-0.15, -0.1) is 0 Å². The molecule has 4 heterocycles. The number of nitrogens with two attached hydrogens (primary N) is 1. The molecule has 0 saturated carbocycles. The van der Waals surface area contributed by atoms with Gasteiger partial charge in [0.15, 0.2) is 5.65 Å². The summed E-state index contributed by atoms with van der Waals surface area (Å²) in [5, 5.41) is 9.63. The van der Waals surface area contributed by atoms with E-state index in [0.29, 0.717) is 50.3 Å². The highest BCUT2D eigenvalue weighted by Crippen LogP contribution is 2.36. The average Bonchev–Trinajstić information content (AvgIpc) is 3.48. The number of aryl methyl sites for hydroxylation is 1. The molecule has 0 saturated heterocycles. The SMILES string of the molecule is COc1cc(-c2nn(-c3ccnc(Cl)c3)c3ncnc(N)c23)ccc1NC(=O)c1cc2ccccc2n1C. The molecule has 3 N–H and O–H groups in total. The lowest BCUT2D eigenvalue weighted by Crippen LogP contribution is -2.16. The Labute approximate surface area is 221 Å². The number of amides is 1. The number of nitrogens with one attached hydrogen (secondary N) is 1. The van der Waals surface area contributed by atoms with Crippen molar-refractivity contribution in [3.05, 3.63) is 84.0 Å². The van der Waals surface area contributed by atoms with Crippen LogP contribution in [0.1, 0.15) is 10.5 Å².